The van der Waals surface area contributed by atoms with E-state index in [1.165, 1.54) is 45.1 Å². The zero-order chi connectivity index (χ0) is 9.52. The molecule has 1 heterocycles. The van der Waals surface area contributed by atoms with Crippen LogP contribution >= 0.6 is 0 Å². The zero-order valence-electron chi connectivity index (χ0n) is 9.10. The molecule has 0 aromatic rings. The summed E-state index contributed by atoms with van der Waals surface area (Å²) in [5, 5.41) is 7.01. The second kappa shape index (κ2) is 6.39. The molecule has 0 saturated carbocycles. The molecule has 2 unspecified atom stereocenters. The summed E-state index contributed by atoms with van der Waals surface area (Å²) in [6.07, 6.45) is 8.08. The van der Waals surface area contributed by atoms with E-state index in [2.05, 4.69) is 24.6 Å². The highest BCUT2D eigenvalue weighted by atomic mass is 14.9. The van der Waals surface area contributed by atoms with Crippen LogP contribution in [0.25, 0.3) is 0 Å². The van der Waals surface area contributed by atoms with Gasteiger partial charge in [0.25, 0.3) is 0 Å². The predicted octanol–water partition coefficient (Wildman–Crippen LogP) is 1.91. The highest BCUT2D eigenvalue weighted by molar-refractivity contribution is 4.78. The Morgan fingerprint density at radius 1 is 1.46 bits per heavy atom. The van der Waals surface area contributed by atoms with Crippen LogP contribution in [0.4, 0.5) is 0 Å². The number of hydrogen-bond acceptors (Lipinski definition) is 2. The molecule has 0 bridgehead atoms. The molecule has 1 aliphatic rings. The molecule has 2 N–H and O–H groups in total. The molecule has 13 heavy (non-hydrogen) atoms. The van der Waals surface area contributed by atoms with Crippen molar-refractivity contribution in [3.05, 3.63) is 0 Å². The van der Waals surface area contributed by atoms with E-state index >= 15 is 0 Å². The molecule has 1 saturated heterocycles. The molecule has 2 atom stereocenters. The smallest absolute Gasteiger partial charge is 0.00818 e. The largest absolute Gasteiger partial charge is 0.317 e. The Kier molecular flexibility index (Phi) is 5.40. The lowest BCUT2D eigenvalue weighted by Gasteiger charge is -2.27. The van der Waals surface area contributed by atoms with E-state index in [1.807, 2.05) is 0 Å². The van der Waals surface area contributed by atoms with Gasteiger partial charge in [0.1, 0.15) is 0 Å². The molecule has 0 aromatic carbocycles. The molecule has 0 aliphatic carbocycles. The van der Waals surface area contributed by atoms with Crippen LogP contribution in [-0.2, 0) is 0 Å². The van der Waals surface area contributed by atoms with Crippen molar-refractivity contribution in [2.45, 2.75) is 57.5 Å². The first-order valence-electron chi connectivity index (χ1n) is 5.77. The van der Waals surface area contributed by atoms with Gasteiger partial charge in [-0.05, 0) is 39.3 Å². The van der Waals surface area contributed by atoms with E-state index in [9.17, 15) is 0 Å². The fraction of sp³-hybridized carbons (Fsp3) is 1.00. The number of piperidine rings is 1. The Balaban J connectivity index is 2.18. The monoisotopic (exact) mass is 184 g/mol. The standard InChI is InChI=1S/C11H24N2/c1-3-6-10(12-2)9-11-7-4-5-8-13-11/h10-13H,3-9H2,1-2H3. The first kappa shape index (κ1) is 11.0. The number of hydrogen-bond donors (Lipinski definition) is 2. The third-order valence-corrected chi connectivity index (χ3v) is 3.03. The van der Waals surface area contributed by atoms with Crippen molar-refractivity contribution >= 4 is 0 Å². The third-order valence-electron chi connectivity index (χ3n) is 3.03. The third kappa shape index (κ3) is 4.10. The van der Waals surface area contributed by atoms with E-state index in [4.69, 9.17) is 0 Å². The predicted molar refractivity (Wildman–Crippen MR) is 58.0 cm³/mol. The summed E-state index contributed by atoms with van der Waals surface area (Å²) in [5.41, 5.74) is 0. The first-order chi connectivity index (χ1) is 6.36. The van der Waals surface area contributed by atoms with Gasteiger partial charge in [-0.1, -0.05) is 19.8 Å². The lowest BCUT2D eigenvalue weighted by molar-refractivity contribution is 0.335. The minimum absolute atomic E-state index is 0.723. The molecule has 0 amide bonds. The Morgan fingerprint density at radius 3 is 2.85 bits per heavy atom. The van der Waals surface area contributed by atoms with E-state index in [-0.39, 0.29) is 0 Å². The zero-order valence-corrected chi connectivity index (χ0v) is 9.10. The maximum absolute atomic E-state index is 3.60. The molecule has 1 fully saturated rings. The van der Waals surface area contributed by atoms with Gasteiger partial charge in [-0.2, -0.15) is 0 Å². The number of nitrogens with one attached hydrogen (secondary N) is 2. The van der Waals surface area contributed by atoms with E-state index in [0.29, 0.717) is 0 Å². The fourth-order valence-corrected chi connectivity index (χ4v) is 2.20. The van der Waals surface area contributed by atoms with E-state index in [1.54, 1.807) is 0 Å². The van der Waals surface area contributed by atoms with Gasteiger partial charge in [0, 0.05) is 12.1 Å². The molecule has 2 heteroatoms. The summed E-state index contributed by atoms with van der Waals surface area (Å²) in [6.45, 7) is 3.49. The van der Waals surface area contributed by atoms with Crippen molar-refractivity contribution in [2.24, 2.45) is 0 Å². The topological polar surface area (TPSA) is 24.1 Å². The lowest BCUT2D eigenvalue weighted by Crippen LogP contribution is -2.40. The highest BCUT2D eigenvalue weighted by Crippen LogP contribution is 2.13. The van der Waals surface area contributed by atoms with Crippen molar-refractivity contribution in [2.75, 3.05) is 13.6 Å². The highest BCUT2D eigenvalue weighted by Gasteiger charge is 2.16. The molecule has 0 spiro atoms. The van der Waals surface area contributed by atoms with Crippen molar-refractivity contribution in [1.29, 1.82) is 0 Å². The maximum Gasteiger partial charge on any atom is 0.00818 e. The lowest BCUT2D eigenvalue weighted by atomic mass is 9.96. The molecular formula is C11H24N2. The van der Waals surface area contributed by atoms with Crippen LogP contribution in [-0.4, -0.2) is 25.7 Å². The average molecular weight is 184 g/mol. The maximum atomic E-state index is 3.60. The second-order valence-corrected chi connectivity index (χ2v) is 4.16. The summed E-state index contributed by atoms with van der Waals surface area (Å²) in [6, 6.07) is 1.50. The summed E-state index contributed by atoms with van der Waals surface area (Å²) < 4.78 is 0. The van der Waals surface area contributed by atoms with Crippen LogP contribution < -0.4 is 10.6 Å². The molecule has 1 rings (SSSR count). The van der Waals surface area contributed by atoms with Crippen molar-refractivity contribution < 1.29 is 0 Å². The van der Waals surface area contributed by atoms with Gasteiger partial charge >= 0.3 is 0 Å². The quantitative estimate of drug-likeness (QED) is 0.682. The minimum Gasteiger partial charge on any atom is -0.317 e. The van der Waals surface area contributed by atoms with Crippen LogP contribution in [0, 0.1) is 0 Å². The van der Waals surface area contributed by atoms with Crippen LogP contribution in [0.1, 0.15) is 45.4 Å². The van der Waals surface area contributed by atoms with Gasteiger partial charge in [0.15, 0.2) is 0 Å². The van der Waals surface area contributed by atoms with Gasteiger partial charge in [-0.3, -0.25) is 0 Å². The normalized spacial score (nSPS) is 25.8. The molecule has 78 valence electrons. The van der Waals surface area contributed by atoms with Crippen LogP contribution in [0.2, 0.25) is 0 Å². The van der Waals surface area contributed by atoms with Gasteiger partial charge < -0.3 is 10.6 Å². The first-order valence-corrected chi connectivity index (χ1v) is 5.77. The summed E-state index contributed by atoms with van der Waals surface area (Å²) in [4.78, 5) is 0. The summed E-state index contributed by atoms with van der Waals surface area (Å²) in [5.74, 6) is 0. The second-order valence-electron chi connectivity index (χ2n) is 4.16. The summed E-state index contributed by atoms with van der Waals surface area (Å²) >= 11 is 0. The summed E-state index contributed by atoms with van der Waals surface area (Å²) in [7, 11) is 2.09. The van der Waals surface area contributed by atoms with Gasteiger partial charge in [0.2, 0.25) is 0 Å². The Bertz CT molecular complexity index is 117. The molecule has 0 aromatic heterocycles. The molecule has 2 nitrogen and oxygen atoms in total. The molecular weight excluding hydrogens is 160 g/mol. The van der Waals surface area contributed by atoms with E-state index < -0.39 is 0 Å². The van der Waals surface area contributed by atoms with Gasteiger partial charge in [-0.25, -0.2) is 0 Å². The Hall–Kier alpha value is -0.0800. The molecule has 0 radical (unpaired) electrons. The minimum atomic E-state index is 0.723. The average Bonchev–Trinajstić information content (AvgIpc) is 2.19. The van der Waals surface area contributed by atoms with Crippen molar-refractivity contribution in [1.82, 2.24) is 10.6 Å². The van der Waals surface area contributed by atoms with Crippen LogP contribution in [0.3, 0.4) is 0 Å². The van der Waals surface area contributed by atoms with Gasteiger partial charge in [0.05, 0.1) is 0 Å². The van der Waals surface area contributed by atoms with E-state index in [0.717, 1.165) is 12.1 Å². The SMILES string of the molecule is CCCC(CC1CCCCN1)NC. The fourth-order valence-electron chi connectivity index (χ4n) is 2.20. The Morgan fingerprint density at radius 2 is 2.31 bits per heavy atom. The molecule has 1 aliphatic heterocycles. The van der Waals surface area contributed by atoms with Gasteiger partial charge in [-0.15, -0.1) is 0 Å². The number of rotatable bonds is 5. The van der Waals surface area contributed by atoms with Crippen molar-refractivity contribution in [3.8, 4) is 0 Å². The van der Waals surface area contributed by atoms with Crippen LogP contribution in [0.15, 0.2) is 0 Å². The van der Waals surface area contributed by atoms with Crippen LogP contribution in [0.5, 0.6) is 0 Å². The van der Waals surface area contributed by atoms with Crippen molar-refractivity contribution in [3.63, 3.8) is 0 Å². The Labute approximate surface area is 82.5 Å².